The SMILES string of the molecule is CC(CNC(=O)Cc1ccc(Cl)s1)C(=O)O. The minimum atomic E-state index is -0.917. The summed E-state index contributed by atoms with van der Waals surface area (Å²) in [5.41, 5.74) is 0. The van der Waals surface area contributed by atoms with Crippen molar-refractivity contribution in [2.24, 2.45) is 5.92 Å². The van der Waals surface area contributed by atoms with E-state index < -0.39 is 11.9 Å². The van der Waals surface area contributed by atoms with E-state index in [2.05, 4.69) is 5.32 Å². The standard InChI is InChI=1S/C10H12ClNO3S/c1-6(10(14)15)5-12-9(13)4-7-2-3-8(11)16-7/h2-3,6H,4-5H2,1H3,(H,12,13)(H,14,15). The van der Waals surface area contributed by atoms with Crippen LogP contribution in [0.3, 0.4) is 0 Å². The number of aliphatic carboxylic acids is 1. The summed E-state index contributed by atoms with van der Waals surface area (Å²) in [5, 5.41) is 11.2. The molecule has 0 aliphatic carbocycles. The van der Waals surface area contributed by atoms with E-state index in [4.69, 9.17) is 16.7 Å². The molecule has 16 heavy (non-hydrogen) atoms. The van der Waals surface area contributed by atoms with E-state index in [1.54, 1.807) is 19.1 Å². The summed E-state index contributed by atoms with van der Waals surface area (Å²) >= 11 is 7.07. The smallest absolute Gasteiger partial charge is 0.308 e. The van der Waals surface area contributed by atoms with Crippen LogP contribution in [0.15, 0.2) is 12.1 Å². The number of nitrogens with one attached hydrogen (secondary N) is 1. The molecule has 4 nitrogen and oxygen atoms in total. The average Bonchev–Trinajstić information content (AvgIpc) is 2.60. The molecule has 0 aliphatic heterocycles. The molecule has 6 heteroatoms. The Kier molecular flexibility index (Phi) is 4.76. The summed E-state index contributed by atoms with van der Waals surface area (Å²) in [6.07, 6.45) is 0.240. The maximum Gasteiger partial charge on any atom is 0.308 e. The molecule has 1 heterocycles. The van der Waals surface area contributed by atoms with Gasteiger partial charge < -0.3 is 10.4 Å². The zero-order chi connectivity index (χ0) is 12.1. The van der Waals surface area contributed by atoms with Crippen LogP contribution < -0.4 is 5.32 Å². The van der Waals surface area contributed by atoms with Gasteiger partial charge in [0.25, 0.3) is 0 Å². The van der Waals surface area contributed by atoms with E-state index >= 15 is 0 Å². The molecule has 1 rings (SSSR count). The van der Waals surface area contributed by atoms with Crippen LogP contribution >= 0.6 is 22.9 Å². The number of halogens is 1. The van der Waals surface area contributed by atoms with Crippen molar-refractivity contribution in [1.82, 2.24) is 5.32 Å². The number of carboxylic acids is 1. The highest BCUT2D eigenvalue weighted by Crippen LogP contribution is 2.21. The molecule has 0 aliphatic rings. The van der Waals surface area contributed by atoms with Crippen molar-refractivity contribution in [3.8, 4) is 0 Å². The molecule has 0 radical (unpaired) electrons. The highest BCUT2D eigenvalue weighted by molar-refractivity contribution is 7.16. The van der Waals surface area contributed by atoms with Gasteiger partial charge >= 0.3 is 5.97 Å². The molecule has 0 saturated carbocycles. The molecular weight excluding hydrogens is 250 g/mol. The summed E-state index contributed by atoms with van der Waals surface area (Å²) < 4.78 is 0.640. The maximum atomic E-state index is 11.4. The molecule has 0 fully saturated rings. The summed E-state index contributed by atoms with van der Waals surface area (Å²) in [7, 11) is 0. The molecule has 0 saturated heterocycles. The molecule has 0 aromatic carbocycles. The van der Waals surface area contributed by atoms with Gasteiger partial charge in [-0.2, -0.15) is 0 Å². The van der Waals surface area contributed by atoms with Gasteiger partial charge in [0.15, 0.2) is 0 Å². The molecule has 1 amide bonds. The number of hydrogen-bond acceptors (Lipinski definition) is 3. The van der Waals surface area contributed by atoms with Crippen LogP contribution in [0.2, 0.25) is 4.34 Å². The first-order valence-corrected chi connectivity index (χ1v) is 5.92. The second kappa shape index (κ2) is 5.86. The molecule has 0 bridgehead atoms. The van der Waals surface area contributed by atoms with Crippen molar-refractivity contribution in [1.29, 1.82) is 0 Å². The lowest BCUT2D eigenvalue weighted by molar-refractivity contribution is -0.141. The van der Waals surface area contributed by atoms with Crippen molar-refractivity contribution in [3.05, 3.63) is 21.3 Å². The van der Waals surface area contributed by atoms with Crippen LogP contribution in [0, 0.1) is 5.92 Å². The number of carbonyl (C=O) groups is 2. The molecule has 0 spiro atoms. The number of amides is 1. The maximum absolute atomic E-state index is 11.4. The second-order valence-electron chi connectivity index (χ2n) is 3.43. The van der Waals surface area contributed by atoms with Crippen LogP contribution in [0.25, 0.3) is 0 Å². The molecule has 88 valence electrons. The first-order valence-electron chi connectivity index (χ1n) is 4.72. The largest absolute Gasteiger partial charge is 0.481 e. The quantitative estimate of drug-likeness (QED) is 0.849. The summed E-state index contributed by atoms with van der Waals surface area (Å²) in [5.74, 6) is -1.68. The Bertz CT molecular complexity index is 391. The van der Waals surface area contributed by atoms with Gasteiger partial charge in [-0.3, -0.25) is 9.59 Å². The van der Waals surface area contributed by atoms with E-state index in [0.717, 1.165) is 4.88 Å². The Balaban J connectivity index is 2.34. The van der Waals surface area contributed by atoms with Gasteiger partial charge in [0, 0.05) is 11.4 Å². The third-order valence-corrected chi connectivity index (χ3v) is 3.22. The monoisotopic (exact) mass is 261 g/mol. The van der Waals surface area contributed by atoms with Crippen LogP contribution in [-0.4, -0.2) is 23.5 Å². The Morgan fingerprint density at radius 2 is 2.25 bits per heavy atom. The van der Waals surface area contributed by atoms with Gasteiger partial charge in [-0.15, -0.1) is 11.3 Å². The Labute approximate surface area is 102 Å². The fourth-order valence-corrected chi connectivity index (χ4v) is 2.11. The number of hydrogen-bond donors (Lipinski definition) is 2. The van der Waals surface area contributed by atoms with Crippen molar-refractivity contribution < 1.29 is 14.7 Å². The van der Waals surface area contributed by atoms with Crippen LogP contribution in [0.4, 0.5) is 0 Å². The zero-order valence-corrected chi connectivity index (χ0v) is 10.3. The number of carbonyl (C=O) groups excluding carboxylic acids is 1. The molecule has 1 aromatic rings. The predicted octanol–water partition coefficient (Wildman–Crippen LogP) is 1.78. The fourth-order valence-electron chi connectivity index (χ4n) is 1.02. The van der Waals surface area contributed by atoms with Crippen molar-refractivity contribution >= 4 is 34.8 Å². The van der Waals surface area contributed by atoms with Crippen molar-refractivity contribution in [3.63, 3.8) is 0 Å². The summed E-state index contributed by atoms with van der Waals surface area (Å²) in [6, 6.07) is 3.52. The van der Waals surface area contributed by atoms with Crippen molar-refractivity contribution in [2.75, 3.05) is 6.54 Å². The van der Waals surface area contributed by atoms with Crippen LogP contribution in [0.5, 0.6) is 0 Å². The lowest BCUT2D eigenvalue weighted by Crippen LogP contribution is -2.32. The molecule has 2 N–H and O–H groups in total. The summed E-state index contributed by atoms with van der Waals surface area (Å²) in [6.45, 7) is 1.69. The third kappa shape index (κ3) is 4.20. The number of thiophene rings is 1. The average molecular weight is 262 g/mol. The van der Waals surface area contributed by atoms with Gasteiger partial charge in [0.2, 0.25) is 5.91 Å². The van der Waals surface area contributed by atoms with Crippen LogP contribution in [0.1, 0.15) is 11.8 Å². The van der Waals surface area contributed by atoms with Gasteiger partial charge in [-0.25, -0.2) is 0 Å². The molecule has 1 aromatic heterocycles. The number of rotatable bonds is 5. The van der Waals surface area contributed by atoms with Gasteiger partial charge in [-0.1, -0.05) is 18.5 Å². The Hall–Kier alpha value is -1.07. The first kappa shape index (κ1) is 13.0. The predicted molar refractivity (Wildman–Crippen MR) is 62.8 cm³/mol. The normalized spacial score (nSPS) is 12.1. The second-order valence-corrected chi connectivity index (χ2v) is 5.23. The Morgan fingerprint density at radius 1 is 1.56 bits per heavy atom. The minimum absolute atomic E-state index is 0.146. The van der Waals surface area contributed by atoms with Gasteiger partial charge in [-0.05, 0) is 12.1 Å². The van der Waals surface area contributed by atoms with E-state index in [9.17, 15) is 9.59 Å². The zero-order valence-electron chi connectivity index (χ0n) is 8.70. The van der Waals surface area contributed by atoms with E-state index in [-0.39, 0.29) is 18.9 Å². The Morgan fingerprint density at radius 3 is 2.75 bits per heavy atom. The molecule has 1 atom stereocenters. The lowest BCUT2D eigenvalue weighted by Gasteiger charge is -2.07. The van der Waals surface area contributed by atoms with E-state index in [1.165, 1.54) is 11.3 Å². The highest BCUT2D eigenvalue weighted by atomic mass is 35.5. The van der Waals surface area contributed by atoms with Gasteiger partial charge in [0.1, 0.15) is 0 Å². The lowest BCUT2D eigenvalue weighted by atomic mass is 10.2. The van der Waals surface area contributed by atoms with Crippen LogP contribution in [-0.2, 0) is 16.0 Å². The fraction of sp³-hybridized carbons (Fsp3) is 0.400. The van der Waals surface area contributed by atoms with E-state index in [1.807, 2.05) is 0 Å². The van der Waals surface area contributed by atoms with Gasteiger partial charge in [0.05, 0.1) is 16.7 Å². The minimum Gasteiger partial charge on any atom is -0.481 e. The topological polar surface area (TPSA) is 66.4 Å². The molecular formula is C10H12ClNO3S. The highest BCUT2D eigenvalue weighted by Gasteiger charge is 2.12. The molecule has 1 unspecified atom stereocenters. The first-order chi connectivity index (χ1) is 7.49. The van der Waals surface area contributed by atoms with Crippen molar-refractivity contribution in [2.45, 2.75) is 13.3 Å². The van der Waals surface area contributed by atoms with E-state index in [0.29, 0.717) is 4.34 Å². The number of carboxylic acid groups (broad SMARTS) is 1. The summed E-state index contributed by atoms with van der Waals surface area (Å²) in [4.78, 5) is 22.8. The third-order valence-electron chi connectivity index (χ3n) is 1.99.